The number of ether oxygens (including phenoxy) is 1. The van der Waals surface area contributed by atoms with Gasteiger partial charge in [-0.1, -0.05) is 18.2 Å². The van der Waals surface area contributed by atoms with Gasteiger partial charge in [-0.25, -0.2) is 0 Å². The van der Waals surface area contributed by atoms with E-state index in [4.69, 9.17) is 10.5 Å². The molecule has 3 rings (SSSR count). The van der Waals surface area contributed by atoms with E-state index in [2.05, 4.69) is 11.1 Å². The minimum absolute atomic E-state index is 0.398. The highest BCUT2D eigenvalue weighted by atomic mass is 16.5. The van der Waals surface area contributed by atoms with E-state index in [0.29, 0.717) is 18.1 Å². The van der Waals surface area contributed by atoms with Crippen molar-refractivity contribution >= 4 is 5.91 Å². The molecule has 102 valence electrons. The minimum atomic E-state index is -0.440. The number of fused-ring (bicyclic) bond motifs is 1. The van der Waals surface area contributed by atoms with E-state index in [1.54, 1.807) is 6.20 Å². The Morgan fingerprint density at radius 1 is 1.35 bits per heavy atom. The number of carbonyl (C=O) groups is 1. The van der Waals surface area contributed by atoms with E-state index in [9.17, 15) is 4.79 Å². The van der Waals surface area contributed by atoms with Crippen molar-refractivity contribution in [2.24, 2.45) is 11.7 Å². The van der Waals surface area contributed by atoms with Gasteiger partial charge in [-0.15, -0.1) is 0 Å². The molecule has 1 aromatic heterocycles. The van der Waals surface area contributed by atoms with Crippen LogP contribution in [0.15, 0.2) is 42.7 Å². The van der Waals surface area contributed by atoms with Crippen molar-refractivity contribution in [1.82, 2.24) is 4.98 Å². The Balaban J connectivity index is 1.73. The Labute approximate surface area is 117 Å². The fourth-order valence-corrected chi connectivity index (χ4v) is 2.59. The second-order valence-electron chi connectivity index (χ2n) is 5.14. The molecule has 0 bridgehead atoms. The number of rotatable bonds is 3. The first-order valence-electron chi connectivity index (χ1n) is 6.67. The summed E-state index contributed by atoms with van der Waals surface area (Å²) >= 11 is 0. The summed E-state index contributed by atoms with van der Waals surface area (Å²) in [6.45, 7) is 0.692. The molecule has 2 N–H and O–H groups in total. The van der Waals surface area contributed by atoms with Gasteiger partial charge >= 0.3 is 0 Å². The molecule has 1 aliphatic heterocycles. The lowest BCUT2D eigenvalue weighted by atomic mass is 9.91. The molecular weight excluding hydrogens is 252 g/mol. The second-order valence-corrected chi connectivity index (χ2v) is 5.14. The minimum Gasteiger partial charge on any atom is -0.493 e. The standard InChI is InChI=1S/C16H16N2O2/c17-16(19)14-6-11(8-18-9-14)5-12-7-13-3-1-2-4-15(13)20-10-12/h1-4,6,8-9,12H,5,7,10H2,(H2,17,19)/t12-/m0/s1. The number of aromatic nitrogens is 1. The van der Waals surface area contributed by atoms with E-state index in [0.717, 1.165) is 24.2 Å². The van der Waals surface area contributed by atoms with Gasteiger partial charge in [0.2, 0.25) is 5.91 Å². The van der Waals surface area contributed by atoms with Gasteiger partial charge < -0.3 is 10.5 Å². The summed E-state index contributed by atoms with van der Waals surface area (Å²) in [6.07, 6.45) is 5.10. The molecule has 1 aliphatic rings. The maximum atomic E-state index is 11.2. The van der Waals surface area contributed by atoms with Crippen LogP contribution in [0.2, 0.25) is 0 Å². The molecule has 2 heterocycles. The van der Waals surface area contributed by atoms with Crippen LogP contribution in [0.1, 0.15) is 21.5 Å². The van der Waals surface area contributed by atoms with Crippen LogP contribution in [-0.4, -0.2) is 17.5 Å². The maximum absolute atomic E-state index is 11.2. The Kier molecular flexibility index (Phi) is 3.37. The molecule has 1 aromatic carbocycles. The van der Waals surface area contributed by atoms with Crippen LogP contribution in [0.3, 0.4) is 0 Å². The number of pyridine rings is 1. The SMILES string of the molecule is NC(=O)c1cncc(C[C@@H]2COc3ccccc3C2)c1. The van der Waals surface area contributed by atoms with Crippen LogP contribution in [0.4, 0.5) is 0 Å². The normalized spacial score (nSPS) is 17.1. The van der Waals surface area contributed by atoms with Crippen molar-refractivity contribution in [3.05, 3.63) is 59.4 Å². The van der Waals surface area contributed by atoms with Gasteiger partial charge in [0.15, 0.2) is 0 Å². The monoisotopic (exact) mass is 268 g/mol. The zero-order chi connectivity index (χ0) is 13.9. The molecule has 0 saturated carbocycles. The third kappa shape index (κ3) is 2.64. The number of nitrogens with zero attached hydrogens (tertiary/aromatic N) is 1. The molecule has 20 heavy (non-hydrogen) atoms. The molecule has 0 aliphatic carbocycles. The Morgan fingerprint density at radius 2 is 2.20 bits per heavy atom. The van der Waals surface area contributed by atoms with Crippen LogP contribution >= 0.6 is 0 Å². The van der Waals surface area contributed by atoms with E-state index in [1.165, 1.54) is 11.8 Å². The van der Waals surface area contributed by atoms with E-state index in [-0.39, 0.29) is 0 Å². The first-order valence-corrected chi connectivity index (χ1v) is 6.67. The zero-order valence-electron chi connectivity index (χ0n) is 11.1. The number of para-hydroxylation sites is 1. The summed E-state index contributed by atoms with van der Waals surface area (Å²) in [5, 5.41) is 0. The van der Waals surface area contributed by atoms with Crippen LogP contribution in [0.5, 0.6) is 5.75 Å². The number of primary amides is 1. The molecule has 0 fully saturated rings. The third-order valence-corrected chi connectivity index (χ3v) is 3.56. The van der Waals surface area contributed by atoms with Gasteiger partial charge in [0.05, 0.1) is 12.2 Å². The summed E-state index contributed by atoms with van der Waals surface area (Å²) in [5.74, 6) is 0.937. The van der Waals surface area contributed by atoms with E-state index in [1.807, 2.05) is 24.3 Å². The fraction of sp³-hybridized carbons (Fsp3) is 0.250. The maximum Gasteiger partial charge on any atom is 0.250 e. The van der Waals surface area contributed by atoms with Gasteiger partial charge in [-0.3, -0.25) is 9.78 Å². The molecule has 2 aromatic rings. The highest BCUT2D eigenvalue weighted by molar-refractivity contribution is 5.92. The second kappa shape index (κ2) is 5.33. The summed E-state index contributed by atoms with van der Waals surface area (Å²) < 4.78 is 5.77. The highest BCUT2D eigenvalue weighted by Gasteiger charge is 2.20. The van der Waals surface area contributed by atoms with Gasteiger partial charge in [0.1, 0.15) is 5.75 Å². The predicted octanol–water partition coefficient (Wildman–Crippen LogP) is 1.97. The van der Waals surface area contributed by atoms with Crippen molar-refractivity contribution in [2.75, 3.05) is 6.61 Å². The zero-order valence-corrected chi connectivity index (χ0v) is 11.1. The number of hydrogen-bond donors (Lipinski definition) is 1. The molecule has 4 heteroatoms. The Hall–Kier alpha value is -2.36. The largest absolute Gasteiger partial charge is 0.493 e. The molecule has 1 amide bonds. The Morgan fingerprint density at radius 3 is 3.05 bits per heavy atom. The fourth-order valence-electron chi connectivity index (χ4n) is 2.59. The van der Waals surface area contributed by atoms with Crippen molar-refractivity contribution in [3.63, 3.8) is 0 Å². The lowest BCUT2D eigenvalue weighted by molar-refractivity contribution is 0.1000. The van der Waals surface area contributed by atoms with E-state index >= 15 is 0 Å². The topological polar surface area (TPSA) is 65.2 Å². The number of carbonyl (C=O) groups excluding carboxylic acids is 1. The molecule has 0 unspecified atom stereocenters. The van der Waals surface area contributed by atoms with Gasteiger partial charge in [0.25, 0.3) is 0 Å². The molecular formula is C16H16N2O2. The average molecular weight is 268 g/mol. The van der Waals surface area contributed by atoms with Gasteiger partial charge in [0, 0.05) is 18.3 Å². The van der Waals surface area contributed by atoms with Crippen LogP contribution in [-0.2, 0) is 12.8 Å². The lowest BCUT2D eigenvalue weighted by Crippen LogP contribution is -2.23. The lowest BCUT2D eigenvalue weighted by Gasteiger charge is -2.25. The number of benzene rings is 1. The summed E-state index contributed by atoms with van der Waals surface area (Å²) in [7, 11) is 0. The first kappa shape index (κ1) is 12.7. The smallest absolute Gasteiger partial charge is 0.250 e. The molecule has 0 spiro atoms. The third-order valence-electron chi connectivity index (χ3n) is 3.56. The van der Waals surface area contributed by atoms with E-state index < -0.39 is 5.91 Å². The molecule has 1 atom stereocenters. The van der Waals surface area contributed by atoms with Gasteiger partial charge in [-0.05, 0) is 36.1 Å². The number of hydrogen-bond acceptors (Lipinski definition) is 3. The van der Waals surface area contributed by atoms with Gasteiger partial charge in [-0.2, -0.15) is 0 Å². The summed E-state index contributed by atoms with van der Waals surface area (Å²) in [4.78, 5) is 15.2. The summed E-state index contributed by atoms with van der Waals surface area (Å²) in [5.41, 5.74) is 7.99. The molecule has 0 saturated heterocycles. The van der Waals surface area contributed by atoms with Crippen molar-refractivity contribution in [2.45, 2.75) is 12.8 Å². The molecule has 0 radical (unpaired) electrons. The average Bonchev–Trinajstić information content (AvgIpc) is 2.47. The van der Waals surface area contributed by atoms with Crippen LogP contribution < -0.4 is 10.5 Å². The molecule has 4 nitrogen and oxygen atoms in total. The van der Waals surface area contributed by atoms with Crippen LogP contribution in [0.25, 0.3) is 0 Å². The first-order chi connectivity index (χ1) is 9.72. The predicted molar refractivity (Wildman–Crippen MR) is 75.6 cm³/mol. The van der Waals surface area contributed by atoms with Crippen molar-refractivity contribution in [3.8, 4) is 5.75 Å². The highest BCUT2D eigenvalue weighted by Crippen LogP contribution is 2.28. The van der Waals surface area contributed by atoms with Crippen molar-refractivity contribution < 1.29 is 9.53 Å². The van der Waals surface area contributed by atoms with Crippen molar-refractivity contribution in [1.29, 1.82) is 0 Å². The Bertz CT molecular complexity index is 640. The quantitative estimate of drug-likeness (QED) is 0.925. The van der Waals surface area contributed by atoms with Crippen LogP contribution in [0, 0.1) is 5.92 Å². The number of amides is 1. The summed E-state index contributed by atoms with van der Waals surface area (Å²) in [6, 6.07) is 9.93. The number of nitrogens with two attached hydrogens (primary N) is 1.